The first-order valence-corrected chi connectivity index (χ1v) is 9.40. The highest BCUT2D eigenvalue weighted by atomic mass is 16.2. The second-order valence-corrected chi connectivity index (χ2v) is 7.17. The minimum Gasteiger partial charge on any atom is -0.338 e. The number of nitrogens with zero attached hydrogens (tertiary/aromatic N) is 1. The summed E-state index contributed by atoms with van der Waals surface area (Å²) < 4.78 is 0. The molecule has 4 nitrogen and oxygen atoms in total. The standard InChI is InChI=1S/C20H33N3O/c1-23(2)19(14-13-17-9-5-3-6-10-17)15-16-21-20(24)22-18-11-7-4-8-12-18/h3,5-6,9-10,18-19H,4,7-8,11-16H2,1-2H3,(H2,21,22,24). The van der Waals surface area contributed by atoms with Crippen molar-refractivity contribution < 1.29 is 4.79 Å². The van der Waals surface area contributed by atoms with Gasteiger partial charge in [0.1, 0.15) is 0 Å². The van der Waals surface area contributed by atoms with Gasteiger partial charge in [-0.15, -0.1) is 0 Å². The van der Waals surface area contributed by atoms with Crippen molar-refractivity contribution in [3.8, 4) is 0 Å². The molecule has 1 aliphatic rings. The van der Waals surface area contributed by atoms with Crippen molar-refractivity contribution >= 4 is 6.03 Å². The molecule has 24 heavy (non-hydrogen) atoms. The number of carbonyl (C=O) groups is 1. The van der Waals surface area contributed by atoms with E-state index >= 15 is 0 Å². The molecule has 0 saturated heterocycles. The summed E-state index contributed by atoms with van der Waals surface area (Å²) >= 11 is 0. The van der Waals surface area contributed by atoms with Crippen LogP contribution in [0.25, 0.3) is 0 Å². The Balaban J connectivity index is 1.66. The quantitative estimate of drug-likeness (QED) is 0.765. The molecular weight excluding hydrogens is 298 g/mol. The molecule has 1 aromatic carbocycles. The molecule has 0 spiro atoms. The minimum atomic E-state index is 0.00228. The maximum atomic E-state index is 12.0. The first-order chi connectivity index (χ1) is 11.6. The van der Waals surface area contributed by atoms with Crippen molar-refractivity contribution in [2.24, 2.45) is 0 Å². The number of rotatable bonds is 8. The van der Waals surface area contributed by atoms with Crippen LogP contribution >= 0.6 is 0 Å². The minimum absolute atomic E-state index is 0.00228. The number of aryl methyl sites for hydroxylation is 1. The van der Waals surface area contributed by atoms with E-state index in [1.54, 1.807) is 0 Å². The summed E-state index contributed by atoms with van der Waals surface area (Å²) in [6.07, 6.45) is 9.24. The number of nitrogens with one attached hydrogen (secondary N) is 2. The van der Waals surface area contributed by atoms with E-state index in [0.29, 0.717) is 12.1 Å². The van der Waals surface area contributed by atoms with Gasteiger partial charge in [0, 0.05) is 18.6 Å². The Labute approximate surface area is 147 Å². The molecule has 1 aliphatic carbocycles. The van der Waals surface area contributed by atoms with Crippen LogP contribution in [0.4, 0.5) is 4.79 Å². The summed E-state index contributed by atoms with van der Waals surface area (Å²) in [6, 6.07) is 11.5. The average molecular weight is 332 g/mol. The summed E-state index contributed by atoms with van der Waals surface area (Å²) in [7, 11) is 4.25. The summed E-state index contributed by atoms with van der Waals surface area (Å²) in [5, 5.41) is 6.15. The maximum absolute atomic E-state index is 12.0. The van der Waals surface area contributed by atoms with Gasteiger partial charge in [-0.05, 0) is 51.8 Å². The highest BCUT2D eigenvalue weighted by Gasteiger charge is 2.16. The second kappa shape index (κ2) is 10.3. The van der Waals surface area contributed by atoms with Crippen LogP contribution in [0.1, 0.15) is 50.5 Å². The van der Waals surface area contributed by atoms with Gasteiger partial charge in [0.2, 0.25) is 0 Å². The summed E-state index contributed by atoms with van der Waals surface area (Å²) in [4.78, 5) is 14.3. The molecule has 0 radical (unpaired) electrons. The van der Waals surface area contributed by atoms with Gasteiger partial charge in [0.15, 0.2) is 0 Å². The Bertz CT molecular complexity index is 469. The Morgan fingerprint density at radius 3 is 2.50 bits per heavy atom. The van der Waals surface area contributed by atoms with Crippen LogP contribution in [0.5, 0.6) is 0 Å². The molecule has 134 valence electrons. The number of benzene rings is 1. The normalized spacial score (nSPS) is 16.8. The van der Waals surface area contributed by atoms with Crippen LogP contribution in [-0.4, -0.2) is 43.7 Å². The molecule has 4 heteroatoms. The Hall–Kier alpha value is -1.55. The summed E-state index contributed by atoms with van der Waals surface area (Å²) in [5.41, 5.74) is 1.38. The van der Waals surface area contributed by atoms with Crippen molar-refractivity contribution in [2.45, 2.75) is 63.5 Å². The van der Waals surface area contributed by atoms with Gasteiger partial charge in [-0.2, -0.15) is 0 Å². The van der Waals surface area contributed by atoms with Gasteiger partial charge in [0.25, 0.3) is 0 Å². The molecule has 1 atom stereocenters. The van der Waals surface area contributed by atoms with Crippen molar-refractivity contribution in [3.63, 3.8) is 0 Å². The zero-order valence-corrected chi connectivity index (χ0v) is 15.3. The first-order valence-electron chi connectivity index (χ1n) is 9.40. The summed E-state index contributed by atoms with van der Waals surface area (Å²) in [5.74, 6) is 0. The van der Waals surface area contributed by atoms with Crippen LogP contribution in [-0.2, 0) is 6.42 Å². The molecule has 0 bridgehead atoms. The van der Waals surface area contributed by atoms with Crippen molar-refractivity contribution in [3.05, 3.63) is 35.9 Å². The second-order valence-electron chi connectivity index (χ2n) is 7.17. The summed E-state index contributed by atoms with van der Waals surface area (Å²) in [6.45, 7) is 0.732. The third kappa shape index (κ3) is 6.91. The highest BCUT2D eigenvalue weighted by Crippen LogP contribution is 2.17. The fourth-order valence-corrected chi connectivity index (χ4v) is 3.47. The maximum Gasteiger partial charge on any atom is 0.315 e. The lowest BCUT2D eigenvalue weighted by atomic mass is 9.96. The molecule has 2 amide bonds. The molecule has 1 saturated carbocycles. The predicted octanol–water partition coefficient (Wildman–Crippen LogP) is 3.57. The molecule has 1 fully saturated rings. The van der Waals surface area contributed by atoms with Crippen LogP contribution in [0.15, 0.2) is 30.3 Å². The molecular formula is C20H33N3O. The zero-order valence-electron chi connectivity index (χ0n) is 15.3. The van der Waals surface area contributed by atoms with Gasteiger partial charge in [-0.25, -0.2) is 4.79 Å². The zero-order chi connectivity index (χ0) is 17.2. The molecule has 2 N–H and O–H groups in total. The number of hydrogen-bond acceptors (Lipinski definition) is 2. The topological polar surface area (TPSA) is 44.4 Å². The van der Waals surface area contributed by atoms with Crippen molar-refractivity contribution in [1.82, 2.24) is 15.5 Å². The van der Waals surface area contributed by atoms with Gasteiger partial charge in [-0.3, -0.25) is 0 Å². The van der Waals surface area contributed by atoms with Crippen LogP contribution in [0.3, 0.4) is 0 Å². The molecule has 0 aromatic heterocycles. The van der Waals surface area contributed by atoms with Gasteiger partial charge >= 0.3 is 6.03 Å². The van der Waals surface area contributed by atoms with E-state index in [9.17, 15) is 4.79 Å². The van der Waals surface area contributed by atoms with Gasteiger partial charge in [-0.1, -0.05) is 49.6 Å². The molecule has 1 aromatic rings. The lowest BCUT2D eigenvalue weighted by molar-refractivity contribution is 0.227. The van der Waals surface area contributed by atoms with Gasteiger partial charge < -0.3 is 15.5 Å². The Morgan fingerprint density at radius 1 is 1.12 bits per heavy atom. The van der Waals surface area contributed by atoms with E-state index in [2.05, 4.69) is 60.0 Å². The third-order valence-corrected chi connectivity index (χ3v) is 5.04. The molecule has 0 heterocycles. The Kier molecular flexibility index (Phi) is 8.10. The van der Waals surface area contributed by atoms with Gasteiger partial charge in [0.05, 0.1) is 0 Å². The SMILES string of the molecule is CN(C)C(CCNC(=O)NC1CCCCC1)CCc1ccccc1. The van der Waals surface area contributed by atoms with Crippen LogP contribution in [0.2, 0.25) is 0 Å². The van der Waals surface area contributed by atoms with Crippen molar-refractivity contribution in [1.29, 1.82) is 0 Å². The lowest BCUT2D eigenvalue weighted by Gasteiger charge is -2.25. The van der Waals surface area contributed by atoms with E-state index in [0.717, 1.165) is 38.6 Å². The fourth-order valence-electron chi connectivity index (χ4n) is 3.47. The van der Waals surface area contributed by atoms with E-state index in [4.69, 9.17) is 0 Å². The van der Waals surface area contributed by atoms with E-state index in [1.807, 2.05) is 0 Å². The molecule has 2 rings (SSSR count). The predicted molar refractivity (Wildman–Crippen MR) is 100 cm³/mol. The monoisotopic (exact) mass is 331 g/mol. The first kappa shape index (κ1) is 18.8. The largest absolute Gasteiger partial charge is 0.338 e. The number of urea groups is 1. The van der Waals surface area contributed by atoms with Crippen molar-refractivity contribution in [2.75, 3.05) is 20.6 Å². The highest BCUT2D eigenvalue weighted by molar-refractivity contribution is 5.74. The van der Waals surface area contributed by atoms with E-state index < -0.39 is 0 Å². The number of amides is 2. The molecule has 0 aliphatic heterocycles. The lowest BCUT2D eigenvalue weighted by Crippen LogP contribution is -2.44. The smallest absolute Gasteiger partial charge is 0.315 e. The van der Waals surface area contributed by atoms with Crippen LogP contribution < -0.4 is 10.6 Å². The van der Waals surface area contributed by atoms with Crippen LogP contribution in [0, 0.1) is 0 Å². The van der Waals surface area contributed by atoms with E-state index in [1.165, 1.54) is 24.8 Å². The molecule has 1 unspecified atom stereocenters. The third-order valence-electron chi connectivity index (χ3n) is 5.04. The number of carbonyl (C=O) groups excluding carboxylic acids is 1. The number of hydrogen-bond donors (Lipinski definition) is 2. The fraction of sp³-hybridized carbons (Fsp3) is 0.650. The average Bonchev–Trinajstić information content (AvgIpc) is 2.59. The van der Waals surface area contributed by atoms with E-state index in [-0.39, 0.29) is 6.03 Å². The Morgan fingerprint density at radius 2 is 1.83 bits per heavy atom.